The van der Waals surface area contributed by atoms with Crippen molar-refractivity contribution in [1.29, 1.82) is 0 Å². The van der Waals surface area contributed by atoms with Crippen molar-refractivity contribution in [3.8, 4) is 11.5 Å². The Labute approximate surface area is 200 Å². The number of hydrogen-bond acceptors (Lipinski definition) is 5. The summed E-state index contributed by atoms with van der Waals surface area (Å²) in [5, 5.41) is 5.06. The first kappa shape index (κ1) is 25.9. The molecule has 0 saturated carbocycles. The summed E-state index contributed by atoms with van der Waals surface area (Å²) in [5.74, 6) is -1.22. The Bertz CT molecular complexity index is 1000. The maximum absolute atomic E-state index is 12.5. The molecule has 0 aromatic heterocycles. The summed E-state index contributed by atoms with van der Waals surface area (Å²) in [4.78, 5) is 38.2. The smallest absolute Gasteiger partial charge is 0.484 e. The van der Waals surface area contributed by atoms with Crippen LogP contribution < -0.4 is 20.1 Å². The number of amides is 3. The van der Waals surface area contributed by atoms with E-state index in [1.807, 2.05) is 4.90 Å². The van der Waals surface area contributed by atoms with Gasteiger partial charge in [0.15, 0.2) is 6.61 Å². The Hall–Kier alpha value is -3.76. The van der Waals surface area contributed by atoms with Gasteiger partial charge in [-0.15, -0.1) is 13.2 Å². The van der Waals surface area contributed by atoms with Crippen LogP contribution >= 0.6 is 0 Å². The van der Waals surface area contributed by atoms with Gasteiger partial charge in [0.1, 0.15) is 11.5 Å². The van der Waals surface area contributed by atoms with Crippen LogP contribution in [-0.4, -0.2) is 55.2 Å². The number of piperidine rings is 1. The standard InChI is InChI=1S/C24H26F3N3O5/c25-24(26,27)35-20-10-8-19(9-11-20)34-16-22(32)29-15-21(31)28-14-17-4-6-18(7-5-17)23(33)30-12-2-1-3-13-30/h4-11H,1-3,12-16H2,(H,28,31)(H,29,32). The highest BCUT2D eigenvalue weighted by atomic mass is 19.4. The van der Waals surface area contributed by atoms with Crippen molar-refractivity contribution in [2.45, 2.75) is 32.2 Å². The number of ether oxygens (including phenoxy) is 2. The molecule has 8 nitrogen and oxygen atoms in total. The summed E-state index contributed by atoms with van der Waals surface area (Å²) in [7, 11) is 0. The minimum Gasteiger partial charge on any atom is -0.484 e. The van der Waals surface area contributed by atoms with E-state index in [1.165, 1.54) is 12.1 Å². The lowest BCUT2D eigenvalue weighted by atomic mass is 10.1. The second-order valence-electron chi connectivity index (χ2n) is 7.91. The Morgan fingerprint density at radius 2 is 1.46 bits per heavy atom. The van der Waals surface area contributed by atoms with Crippen molar-refractivity contribution >= 4 is 17.7 Å². The van der Waals surface area contributed by atoms with Gasteiger partial charge in [-0.05, 0) is 61.2 Å². The molecule has 1 saturated heterocycles. The fourth-order valence-corrected chi connectivity index (χ4v) is 3.42. The molecule has 1 aliphatic heterocycles. The Morgan fingerprint density at radius 1 is 0.829 bits per heavy atom. The van der Waals surface area contributed by atoms with Gasteiger partial charge < -0.3 is 25.0 Å². The zero-order valence-electron chi connectivity index (χ0n) is 18.9. The molecule has 1 aliphatic rings. The van der Waals surface area contributed by atoms with E-state index in [0.717, 1.165) is 50.0 Å². The van der Waals surface area contributed by atoms with Crippen molar-refractivity contribution in [1.82, 2.24) is 15.5 Å². The number of likely N-dealkylation sites (tertiary alicyclic amines) is 1. The zero-order chi connectivity index (χ0) is 25.3. The normalized spacial score (nSPS) is 13.6. The highest BCUT2D eigenvalue weighted by Gasteiger charge is 2.31. The lowest BCUT2D eigenvalue weighted by Gasteiger charge is -2.26. The molecule has 1 heterocycles. The molecule has 188 valence electrons. The summed E-state index contributed by atoms with van der Waals surface area (Å²) in [6.07, 6.45) is -1.61. The summed E-state index contributed by atoms with van der Waals surface area (Å²) < 4.78 is 45.4. The minimum absolute atomic E-state index is 0.0100. The number of carbonyl (C=O) groups is 3. The fourth-order valence-electron chi connectivity index (χ4n) is 3.42. The molecular weight excluding hydrogens is 467 g/mol. The van der Waals surface area contributed by atoms with Crippen molar-refractivity contribution in [3.63, 3.8) is 0 Å². The molecule has 2 aromatic rings. The molecule has 1 fully saturated rings. The van der Waals surface area contributed by atoms with E-state index < -0.39 is 30.5 Å². The van der Waals surface area contributed by atoms with Crippen LogP contribution in [0.2, 0.25) is 0 Å². The van der Waals surface area contributed by atoms with Gasteiger partial charge in [-0.2, -0.15) is 0 Å². The largest absolute Gasteiger partial charge is 0.573 e. The van der Waals surface area contributed by atoms with Crippen LogP contribution in [0, 0.1) is 0 Å². The lowest BCUT2D eigenvalue weighted by Crippen LogP contribution is -2.38. The van der Waals surface area contributed by atoms with Gasteiger partial charge in [0.05, 0.1) is 6.54 Å². The highest BCUT2D eigenvalue weighted by Crippen LogP contribution is 2.24. The van der Waals surface area contributed by atoms with Crippen LogP contribution in [-0.2, 0) is 16.1 Å². The van der Waals surface area contributed by atoms with Gasteiger partial charge in [0.25, 0.3) is 11.8 Å². The Morgan fingerprint density at radius 3 is 2.09 bits per heavy atom. The van der Waals surface area contributed by atoms with Crippen LogP contribution in [0.1, 0.15) is 35.2 Å². The maximum atomic E-state index is 12.5. The number of rotatable bonds is 9. The van der Waals surface area contributed by atoms with Gasteiger partial charge >= 0.3 is 6.36 Å². The molecule has 0 aliphatic carbocycles. The maximum Gasteiger partial charge on any atom is 0.573 e. The predicted octanol–water partition coefficient (Wildman–Crippen LogP) is 3.02. The highest BCUT2D eigenvalue weighted by molar-refractivity contribution is 5.94. The molecule has 0 unspecified atom stereocenters. The average Bonchev–Trinajstić information content (AvgIpc) is 2.85. The second-order valence-corrected chi connectivity index (χ2v) is 7.91. The first-order chi connectivity index (χ1) is 16.7. The molecule has 0 bridgehead atoms. The first-order valence-electron chi connectivity index (χ1n) is 11.1. The van der Waals surface area contributed by atoms with Crippen molar-refractivity contribution in [3.05, 3.63) is 59.7 Å². The molecule has 3 amide bonds. The van der Waals surface area contributed by atoms with E-state index in [9.17, 15) is 27.6 Å². The quantitative estimate of drug-likeness (QED) is 0.560. The van der Waals surface area contributed by atoms with Crippen LogP contribution in [0.4, 0.5) is 13.2 Å². The van der Waals surface area contributed by atoms with Gasteiger partial charge in [0, 0.05) is 25.2 Å². The molecule has 0 spiro atoms. The van der Waals surface area contributed by atoms with E-state index in [4.69, 9.17) is 4.74 Å². The first-order valence-corrected chi connectivity index (χ1v) is 11.1. The zero-order valence-corrected chi connectivity index (χ0v) is 18.9. The molecule has 11 heteroatoms. The van der Waals surface area contributed by atoms with Crippen LogP contribution in [0.25, 0.3) is 0 Å². The molecule has 0 radical (unpaired) electrons. The van der Waals surface area contributed by atoms with Gasteiger partial charge in [-0.25, -0.2) is 0 Å². The summed E-state index contributed by atoms with van der Waals surface area (Å²) in [5.41, 5.74) is 1.41. The lowest BCUT2D eigenvalue weighted by molar-refractivity contribution is -0.274. The summed E-state index contributed by atoms with van der Waals surface area (Å²) in [6, 6.07) is 11.6. The summed E-state index contributed by atoms with van der Waals surface area (Å²) >= 11 is 0. The Kier molecular flexibility index (Phi) is 8.93. The number of halogens is 3. The van der Waals surface area contributed by atoms with E-state index in [0.29, 0.717) is 5.56 Å². The monoisotopic (exact) mass is 493 g/mol. The van der Waals surface area contributed by atoms with Crippen molar-refractivity contribution < 1.29 is 37.0 Å². The molecule has 0 atom stereocenters. The third kappa shape index (κ3) is 8.84. The average molecular weight is 493 g/mol. The molecular formula is C24H26F3N3O5. The number of nitrogens with one attached hydrogen (secondary N) is 2. The van der Waals surface area contributed by atoms with Crippen molar-refractivity contribution in [2.75, 3.05) is 26.2 Å². The molecule has 3 rings (SSSR count). The van der Waals surface area contributed by atoms with Gasteiger partial charge in [-0.3, -0.25) is 14.4 Å². The topological polar surface area (TPSA) is 97.0 Å². The molecule has 2 N–H and O–H groups in total. The third-order valence-electron chi connectivity index (χ3n) is 5.21. The number of carbonyl (C=O) groups excluding carboxylic acids is 3. The number of benzene rings is 2. The van der Waals surface area contributed by atoms with Gasteiger partial charge in [-0.1, -0.05) is 12.1 Å². The number of nitrogens with zero attached hydrogens (tertiary/aromatic N) is 1. The molecule has 2 aromatic carbocycles. The number of alkyl halides is 3. The van der Waals surface area contributed by atoms with Crippen LogP contribution in [0.3, 0.4) is 0 Å². The van der Waals surface area contributed by atoms with Crippen molar-refractivity contribution in [2.24, 2.45) is 0 Å². The van der Waals surface area contributed by atoms with E-state index in [-0.39, 0.29) is 24.7 Å². The predicted molar refractivity (Wildman–Crippen MR) is 120 cm³/mol. The van der Waals surface area contributed by atoms with E-state index >= 15 is 0 Å². The second kappa shape index (κ2) is 12.1. The minimum atomic E-state index is -4.79. The molecule has 35 heavy (non-hydrogen) atoms. The van der Waals surface area contributed by atoms with E-state index in [1.54, 1.807) is 24.3 Å². The fraction of sp³-hybridized carbons (Fsp3) is 0.375. The van der Waals surface area contributed by atoms with Crippen LogP contribution in [0.5, 0.6) is 11.5 Å². The summed E-state index contributed by atoms with van der Waals surface area (Å²) in [6.45, 7) is 1.09. The van der Waals surface area contributed by atoms with Crippen LogP contribution in [0.15, 0.2) is 48.5 Å². The number of hydrogen-bond donors (Lipinski definition) is 2. The van der Waals surface area contributed by atoms with Gasteiger partial charge in [0.2, 0.25) is 5.91 Å². The third-order valence-corrected chi connectivity index (χ3v) is 5.21. The SMILES string of the molecule is O=C(CNC(=O)COc1ccc(OC(F)(F)F)cc1)NCc1ccc(C(=O)N2CCCCC2)cc1. The Balaban J connectivity index is 1.34. The van der Waals surface area contributed by atoms with E-state index in [2.05, 4.69) is 15.4 Å².